The van der Waals surface area contributed by atoms with Crippen LogP contribution in [-0.2, 0) is 6.18 Å². The van der Waals surface area contributed by atoms with Crippen molar-refractivity contribution in [3.63, 3.8) is 0 Å². The average molecular weight is 497 g/mol. The molecule has 0 spiro atoms. The van der Waals surface area contributed by atoms with Gasteiger partial charge >= 0.3 is 6.18 Å². The summed E-state index contributed by atoms with van der Waals surface area (Å²) in [5.74, 6) is 1.77. The van der Waals surface area contributed by atoms with Gasteiger partial charge in [0.15, 0.2) is 5.82 Å². The van der Waals surface area contributed by atoms with Gasteiger partial charge in [-0.3, -0.25) is 14.4 Å². The summed E-state index contributed by atoms with van der Waals surface area (Å²) < 4.78 is 41.3. The molecule has 0 aromatic carbocycles. The molecule has 11 heteroatoms. The van der Waals surface area contributed by atoms with Gasteiger partial charge in [-0.25, -0.2) is 15.0 Å². The number of pyridine rings is 1. The number of rotatable bonds is 5. The number of halogens is 3. The number of piperazine rings is 1. The molecule has 1 saturated heterocycles. The van der Waals surface area contributed by atoms with Gasteiger partial charge in [0.2, 0.25) is 0 Å². The van der Waals surface area contributed by atoms with Gasteiger partial charge in [0, 0.05) is 50.3 Å². The van der Waals surface area contributed by atoms with Crippen LogP contribution in [0, 0.1) is 11.3 Å². The predicted molar refractivity (Wildman–Crippen MR) is 128 cm³/mol. The number of hydrogen-bond donors (Lipinski definition) is 1. The van der Waals surface area contributed by atoms with E-state index in [1.807, 2.05) is 18.5 Å². The first-order valence-electron chi connectivity index (χ1n) is 12.0. The molecule has 0 bridgehead atoms. The summed E-state index contributed by atoms with van der Waals surface area (Å²) in [7, 11) is 0. The van der Waals surface area contributed by atoms with E-state index >= 15 is 0 Å². The zero-order valence-corrected chi connectivity index (χ0v) is 20.1. The molecule has 0 unspecified atom stereocenters. The fourth-order valence-corrected chi connectivity index (χ4v) is 5.14. The molecule has 188 valence electrons. The number of fused-ring (bicyclic) bond motifs is 1. The molecule has 36 heavy (non-hydrogen) atoms. The third-order valence-corrected chi connectivity index (χ3v) is 7.59. The second-order valence-corrected chi connectivity index (χ2v) is 10.4. The molecule has 0 radical (unpaired) electrons. The number of alkyl halides is 3. The Balaban J connectivity index is 1.28. The van der Waals surface area contributed by atoms with Crippen LogP contribution in [0.5, 0.6) is 0 Å². The van der Waals surface area contributed by atoms with Gasteiger partial charge in [-0.05, 0) is 36.0 Å². The van der Waals surface area contributed by atoms with Gasteiger partial charge in [0.1, 0.15) is 17.2 Å². The van der Waals surface area contributed by atoms with Crippen molar-refractivity contribution in [2.45, 2.75) is 32.5 Å². The first-order chi connectivity index (χ1) is 17.2. The SMILES string of the molecule is CC1(C)C[C@@H]1CN1CCN(c2ccnc(-c3cnc4ccc(C(F)(F)F)cn34)n2)C[C@@H]1c1cn[nH]c1. The zero-order chi connectivity index (χ0) is 25.1. The monoisotopic (exact) mass is 496 g/mol. The van der Waals surface area contributed by atoms with Crippen molar-refractivity contribution in [1.29, 1.82) is 0 Å². The van der Waals surface area contributed by atoms with E-state index in [9.17, 15) is 13.2 Å². The molecule has 6 rings (SSSR count). The normalized spacial score (nSPS) is 22.3. The maximum atomic E-state index is 13.3. The summed E-state index contributed by atoms with van der Waals surface area (Å²) >= 11 is 0. The molecule has 1 aliphatic heterocycles. The number of hydrogen-bond acceptors (Lipinski definition) is 6. The number of anilines is 1. The maximum absolute atomic E-state index is 13.3. The van der Waals surface area contributed by atoms with Crippen molar-refractivity contribution in [2.24, 2.45) is 11.3 Å². The Morgan fingerprint density at radius 3 is 2.67 bits per heavy atom. The highest BCUT2D eigenvalue weighted by molar-refractivity contribution is 5.59. The van der Waals surface area contributed by atoms with E-state index in [1.54, 1.807) is 6.20 Å². The number of imidazole rings is 1. The standard InChI is InChI=1S/C25H27F3N8/c1-24(2)9-18(24)13-34-7-8-35(15-20(34)16-10-31-32-11-16)22-5-6-29-23(33-22)19-12-30-21-4-3-17(14-36(19)21)25(26,27)28/h3-6,10-12,14,18,20H,7-9,13,15H2,1-2H3,(H,31,32)/t18-,20-/m1/s1. The lowest BCUT2D eigenvalue weighted by Crippen LogP contribution is -2.49. The van der Waals surface area contributed by atoms with E-state index in [-0.39, 0.29) is 6.04 Å². The second-order valence-electron chi connectivity index (χ2n) is 10.4. The fourth-order valence-electron chi connectivity index (χ4n) is 5.14. The van der Waals surface area contributed by atoms with E-state index < -0.39 is 11.7 Å². The molecular weight excluding hydrogens is 469 g/mol. The highest BCUT2D eigenvalue weighted by Gasteiger charge is 2.47. The number of aromatic nitrogens is 6. The molecule has 4 aromatic heterocycles. The second kappa shape index (κ2) is 8.29. The van der Waals surface area contributed by atoms with Gasteiger partial charge in [0.05, 0.1) is 24.0 Å². The zero-order valence-electron chi connectivity index (χ0n) is 20.1. The molecule has 1 saturated carbocycles. The largest absolute Gasteiger partial charge is 0.417 e. The van der Waals surface area contributed by atoms with E-state index in [0.29, 0.717) is 28.5 Å². The maximum Gasteiger partial charge on any atom is 0.417 e. The molecule has 5 heterocycles. The smallest absolute Gasteiger partial charge is 0.353 e. The Labute approximate surface area is 206 Å². The summed E-state index contributed by atoms with van der Waals surface area (Å²) in [4.78, 5) is 18.1. The number of nitrogens with zero attached hydrogens (tertiary/aromatic N) is 7. The predicted octanol–water partition coefficient (Wildman–Crippen LogP) is 4.44. The van der Waals surface area contributed by atoms with Crippen molar-refractivity contribution >= 4 is 11.5 Å². The Bertz CT molecular complexity index is 1380. The average Bonchev–Trinajstić information content (AvgIpc) is 3.26. The van der Waals surface area contributed by atoms with Crippen LogP contribution in [-0.4, -0.2) is 60.6 Å². The highest BCUT2D eigenvalue weighted by atomic mass is 19.4. The van der Waals surface area contributed by atoms with E-state index in [1.165, 1.54) is 23.1 Å². The summed E-state index contributed by atoms with van der Waals surface area (Å²) in [6, 6.07) is 4.39. The summed E-state index contributed by atoms with van der Waals surface area (Å²) in [5.41, 5.74) is 1.61. The molecular formula is C25H27F3N8. The lowest BCUT2D eigenvalue weighted by Gasteiger charge is -2.42. The lowest BCUT2D eigenvalue weighted by atomic mass is 10.0. The lowest BCUT2D eigenvalue weighted by molar-refractivity contribution is -0.137. The first-order valence-corrected chi connectivity index (χ1v) is 12.0. The minimum absolute atomic E-state index is 0.164. The van der Waals surface area contributed by atoms with Crippen LogP contribution in [0.4, 0.5) is 19.0 Å². The van der Waals surface area contributed by atoms with Crippen molar-refractivity contribution in [2.75, 3.05) is 31.1 Å². The van der Waals surface area contributed by atoms with Gasteiger partial charge in [-0.1, -0.05) is 13.8 Å². The number of aromatic amines is 1. The van der Waals surface area contributed by atoms with E-state index in [4.69, 9.17) is 4.98 Å². The van der Waals surface area contributed by atoms with Crippen LogP contribution in [0.1, 0.15) is 37.4 Å². The molecule has 0 amide bonds. The van der Waals surface area contributed by atoms with E-state index in [0.717, 1.165) is 49.8 Å². The molecule has 1 N–H and O–H groups in total. The molecule has 1 aliphatic carbocycles. The summed E-state index contributed by atoms with van der Waals surface area (Å²) in [5, 5.41) is 7.11. The minimum atomic E-state index is -4.45. The molecule has 2 fully saturated rings. The quantitative estimate of drug-likeness (QED) is 0.440. The third-order valence-electron chi connectivity index (χ3n) is 7.59. The highest BCUT2D eigenvalue weighted by Crippen LogP contribution is 2.52. The Morgan fingerprint density at radius 1 is 1.11 bits per heavy atom. The molecule has 2 atom stereocenters. The van der Waals surface area contributed by atoms with Gasteiger partial charge in [-0.15, -0.1) is 0 Å². The van der Waals surface area contributed by atoms with Crippen molar-refractivity contribution in [3.8, 4) is 11.5 Å². The fraction of sp³-hybridized carbons (Fsp3) is 0.440. The first kappa shape index (κ1) is 23.0. The van der Waals surface area contributed by atoms with Crippen LogP contribution in [0.3, 0.4) is 0 Å². The molecule has 8 nitrogen and oxygen atoms in total. The Hall–Kier alpha value is -3.47. The topological polar surface area (TPSA) is 78.2 Å². The van der Waals surface area contributed by atoms with Gasteiger partial charge < -0.3 is 4.90 Å². The summed E-state index contributed by atoms with van der Waals surface area (Å²) in [6.07, 6.45) is 4.82. The Kier molecular flexibility index (Phi) is 5.29. The van der Waals surface area contributed by atoms with Crippen molar-refractivity contribution in [1.82, 2.24) is 34.4 Å². The number of H-pyrrole nitrogens is 1. The molecule has 2 aliphatic rings. The minimum Gasteiger partial charge on any atom is -0.353 e. The number of nitrogens with one attached hydrogen (secondary N) is 1. The van der Waals surface area contributed by atoms with Crippen LogP contribution in [0.2, 0.25) is 0 Å². The van der Waals surface area contributed by atoms with E-state index in [2.05, 4.69) is 43.8 Å². The van der Waals surface area contributed by atoms with Crippen LogP contribution >= 0.6 is 0 Å². The van der Waals surface area contributed by atoms with Crippen LogP contribution < -0.4 is 4.90 Å². The van der Waals surface area contributed by atoms with Crippen molar-refractivity contribution in [3.05, 3.63) is 60.3 Å². The van der Waals surface area contributed by atoms with Crippen molar-refractivity contribution < 1.29 is 13.2 Å². The van der Waals surface area contributed by atoms with Gasteiger partial charge in [-0.2, -0.15) is 18.3 Å². The Morgan fingerprint density at radius 2 is 1.94 bits per heavy atom. The van der Waals surface area contributed by atoms with Crippen LogP contribution in [0.15, 0.2) is 49.2 Å². The van der Waals surface area contributed by atoms with Crippen LogP contribution in [0.25, 0.3) is 17.2 Å². The summed E-state index contributed by atoms with van der Waals surface area (Å²) in [6.45, 7) is 8.10. The van der Waals surface area contributed by atoms with Gasteiger partial charge in [0.25, 0.3) is 0 Å². The molecule has 4 aromatic rings. The third kappa shape index (κ3) is 4.21.